The standard InChI is InChI=1S/C20H18N4O4/c21-19(27)15-9-17(23-11-3-1-5-13(25)7-11)18(10-16(15)20(22)28)24-12-4-2-6-14(26)8-12/h1-10,23-26H,(H2,21,27)(H2,22,28). The second-order valence-electron chi connectivity index (χ2n) is 6.02. The third-order valence-electron chi connectivity index (χ3n) is 3.94. The van der Waals surface area contributed by atoms with E-state index in [1.54, 1.807) is 24.3 Å². The van der Waals surface area contributed by atoms with Gasteiger partial charge in [-0.2, -0.15) is 0 Å². The van der Waals surface area contributed by atoms with Gasteiger partial charge in [-0.05, 0) is 36.4 Å². The minimum atomic E-state index is -0.809. The number of hydrogen-bond donors (Lipinski definition) is 6. The van der Waals surface area contributed by atoms with Crippen molar-refractivity contribution < 1.29 is 19.8 Å². The number of carbonyl (C=O) groups excluding carboxylic acids is 2. The fourth-order valence-electron chi connectivity index (χ4n) is 2.69. The zero-order chi connectivity index (χ0) is 20.3. The first-order chi connectivity index (χ1) is 13.3. The maximum Gasteiger partial charge on any atom is 0.249 e. The van der Waals surface area contributed by atoms with Gasteiger partial charge in [-0.1, -0.05) is 12.1 Å². The number of benzene rings is 3. The molecule has 0 radical (unpaired) electrons. The monoisotopic (exact) mass is 378 g/mol. The molecule has 3 rings (SSSR count). The molecule has 0 bridgehead atoms. The molecule has 28 heavy (non-hydrogen) atoms. The summed E-state index contributed by atoms with van der Waals surface area (Å²) in [6.45, 7) is 0. The van der Waals surface area contributed by atoms with Gasteiger partial charge in [0.1, 0.15) is 11.5 Å². The van der Waals surface area contributed by atoms with Crippen molar-refractivity contribution in [1.29, 1.82) is 0 Å². The maximum absolute atomic E-state index is 11.8. The van der Waals surface area contributed by atoms with Crippen molar-refractivity contribution in [3.05, 3.63) is 71.8 Å². The van der Waals surface area contributed by atoms with Gasteiger partial charge in [-0.3, -0.25) is 9.59 Å². The number of nitrogens with one attached hydrogen (secondary N) is 2. The van der Waals surface area contributed by atoms with E-state index in [0.717, 1.165) is 0 Å². The van der Waals surface area contributed by atoms with Gasteiger partial charge >= 0.3 is 0 Å². The molecule has 142 valence electrons. The highest BCUT2D eigenvalue weighted by Gasteiger charge is 2.18. The SMILES string of the molecule is NC(=O)c1cc(Nc2cccc(O)c2)c(Nc2cccc(O)c2)cc1C(N)=O. The summed E-state index contributed by atoms with van der Waals surface area (Å²) in [5.41, 5.74) is 12.6. The van der Waals surface area contributed by atoms with Crippen molar-refractivity contribution in [2.24, 2.45) is 11.5 Å². The van der Waals surface area contributed by atoms with Gasteiger partial charge in [0, 0.05) is 23.5 Å². The van der Waals surface area contributed by atoms with E-state index in [1.807, 2.05) is 0 Å². The third kappa shape index (κ3) is 4.13. The first-order valence-corrected chi connectivity index (χ1v) is 8.23. The highest BCUT2D eigenvalue weighted by molar-refractivity contribution is 6.08. The van der Waals surface area contributed by atoms with Crippen molar-refractivity contribution >= 4 is 34.6 Å². The molecule has 0 aromatic heterocycles. The summed E-state index contributed by atoms with van der Waals surface area (Å²) in [4.78, 5) is 23.6. The molecule has 0 saturated heterocycles. The zero-order valence-corrected chi connectivity index (χ0v) is 14.6. The van der Waals surface area contributed by atoms with Gasteiger partial charge in [0.2, 0.25) is 11.8 Å². The molecule has 0 heterocycles. The van der Waals surface area contributed by atoms with Crippen LogP contribution in [0.2, 0.25) is 0 Å². The van der Waals surface area contributed by atoms with Crippen LogP contribution in [0, 0.1) is 0 Å². The number of phenolic OH excluding ortho intramolecular Hbond substituents is 2. The van der Waals surface area contributed by atoms with Gasteiger partial charge < -0.3 is 32.3 Å². The lowest BCUT2D eigenvalue weighted by Crippen LogP contribution is -2.21. The number of primary amides is 2. The molecule has 0 unspecified atom stereocenters. The number of aromatic hydroxyl groups is 2. The van der Waals surface area contributed by atoms with Crippen LogP contribution in [0.25, 0.3) is 0 Å². The Labute approximate surface area is 160 Å². The topological polar surface area (TPSA) is 151 Å². The fraction of sp³-hybridized carbons (Fsp3) is 0. The Hall–Kier alpha value is -4.20. The lowest BCUT2D eigenvalue weighted by molar-refractivity contribution is 0.0967. The first-order valence-electron chi connectivity index (χ1n) is 8.23. The number of phenols is 2. The second-order valence-corrected chi connectivity index (χ2v) is 6.02. The van der Waals surface area contributed by atoms with Gasteiger partial charge in [0.25, 0.3) is 0 Å². The third-order valence-corrected chi connectivity index (χ3v) is 3.94. The normalized spacial score (nSPS) is 10.3. The molecule has 3 aromatic rings. The number of hydrogen-bond acceptors (Lipinski definition) is 6. The smallest absolute Gasteiger partial charge is 0.249 e. The minimum Gasteiger partial charge on any atom is -0.508 e. The Balaban J connectivity index is 2.11. The lowest BCUT2D eigenvalue weighted by atomic mass is 10.0. The molecule has 0 fully saturated rings. The van der Waals surface area contributed by atoms with Crippen LogP contribution in [0.15, 0.2) is 60.7 Å². The Morgan fingerprint density at radius 3 is 1.39 bits per heavy atom. The van der Waals surface area contributed by atoms with Crippen LogP contribution in [-0.2, 0) is 0 Å². The summed E-state index contributed by atoms with van der Waals surface area (Å²) in [5, 5.41) is 25.5. The molecule has 0 atom stereocenters. The molecule has 0 aliphatic rings. The van der Waals surface area contributed by atoms with Crippen LogP contribution in [0.5, 0.6) is 11.5 Å². The van der Waals surface area contributed by atoms with Crippen molar-refractivity contribution in [3.8, 4) is 11.5 Å². The first kappa shape index (κ1) is 18.6. The molecule has 0 saturated carbocycles. The van der Waals surface area contributed by atoms with E-state index in [0.29, 0.717) is 22.7 Å². The van der Waals surface area contributed by atoms with E-state index in [2.05, 4.69) is 10.6 Å². The molecule has 0 aliphatic carbocycles. The summed E-state index contributed by atoms with van der Waals surface area (Å²) in [6, 6.07) is 15.5. The largest absolute Gasteiger partial charge is 0.508 e. The van der Waals surface area contributed by atoms with Crippen molar-refractivity contribution in [1.82, 2.24) is 0 Å². The maximum atomic E-state index is 11.8. The van der Waals surface area contributed by atoms with Crippen LogP contribution in [0.1, 0.15) is 20.7 Å². The number of rotatable bonds is 6. The Morgan fingerprint density at radius 1 is 0.679 bits per heavy atom. The Kier molecular flexibility index (Phi) is 5.03. The van der Waals surface area contributed by atoms with Crippen LogP contribution < -0.4 is 22.1 Å². The average Bonchev–Trinajstić information content (AvgIpc) is 2.62. The summed E-state index contributed by atoms with van der Waals surface area (Å²) >= 11 is 0. The van der Waals surface area contributed by atoms with Crippen LogP contribution in [-0.4, -0.2) is 22.0 Å². The molecule has 0 spiro atoms. The lowest BCUT2D eigenvalue weighted by Gasteiger charge is -2.17. The predicted octanol–water partition coefficient (Wildman–Crippen LogP) is 2.78. The predicted molar refractivity (Wildman–Crippen MR) is 106 cm³/mol. The quantitative estimate of drug-likeness (QED) is 0.388. The van der Waals surface area contributed by atoms with Crippen LogP contribution in [0.3, 0.4) is 0 Å². The molecule has 2 amide bonds. The summed E-state index contributed by atoms with van der Waals surface area (Å²) in [6.07, 6.45) is 0. The van der Waals surface area contributed by atoms with Gasteiger partial charge in [0.05, 0.1) is 22.5 Å². The molecule has 3 aromatic carbocycles. The van der Waals surface area contributed by atoms with Gasteiger partial charge in [-0.25, -0.2) is 0 Å². The van der Waals surface area contributed by atoms with Crippen molar-refractivity contribution in [2.75, 3.05) is 10.6 Å². The van der Waals surface area contributed by atoms with Crippen LogP contribution >= 0.6 is 0 Å². The van der Waals surface area contributed by atoms with E-state index in [-0.39, 0.29) is 22.6 Å². The fourth-order valence-corrected chi connectivity index (χ4v) is 2.69. The molecule has 8 heteroatoms. The summed E-state index contributed by atoms with van der Waals surface area (Å²) in [5.74, 6) is -1.51. The number of amides is 2. The van der Waals surface area contributed by atoms with E-state index >= 15 is 0 Å². The van der Waals surface area contributed by atoms with Crippen LogP contribution in [0.4, 0.5) is 22.7 Å². The number of carbonyl (C=O) groups is 2. The van der Waals surface area contributed by atoms with Gasteiger partial charge in [0.15, 0.2) is 0 Å². The zero-order valence-electron chi connectivity index (χ0n) is 14.6. The number of anilines is 4. The number of nitrogens with two attached hydrogens (primary N) is 2. The van der Waals surface area contributed by atoms with Gasteiger partial charge in [-0.15, -0.1) is 0 Å². The molecular formula is C20H18N4O4. The van der Waals surface area contributed by atoms with E-state index in [4.69, 9.17) is 11.5 Å². The molecular weight excluding hydrogens is 360 g/mol. The minimum absolute atomic E-state index is 0.0448. The summed E-state index contributed by atoms with van der Waals surface area (Å²) < 4.78 is 0. The van der Waals surface area contributed by atoms with E-state index < -0.39 is 11.8 Å². The Bertz CT molecular complexity index is 981. The van der Waals surface area contributed by atoms with Crippen molar-refractivity contribution in [2.45, 2.75) is 0 Å². The Morgan fingerprint density at radius 2 is 1.07 bits per heavy atom. The van der Waals surface area contributed by atoms with Crippen molar-refractivity contribution in [3.63, 3.8) is 0 Å². The highest BCUT2D eigenvalue weighted by Crippen LogP contribution is 2.33. The molecule has 8 N–H and O–H groups in total. The molecule has 0 aliphatic heterocycles. The summed E-state index contributed by atoms with van der Waals surface area (Å²) in [7, 11) is 0. The molecule has 8 nitrogen and oxygen atoms in total. The average molecular weight is 378 g/mol. The van der Waals surface area contributed by atoms with E-state index in [1.165, 1.54) is 36.4 Å². The van der Waals surface area contributed by atoms with E-state index in [9.17, 15) is 19.8 Å². The second kappa shape index (κ2) is 7.58. The highest BCUT2D eigenvalue weighted by atomic mass is 16.3.